The average molecular weight is 270 g/mol. The molecule has 2 heterocycles. The van der Waals surface area contributed by atoms with Gasteiger partial charge in [-0.25, -0.2) is 4.98 Å². The smallest absolute Gasteiger partial charge is 0.275 e. The zero-order chi connectivity index (χ0) is 13.9. The summed E-state index contributed by atoms with van der Waals surface area (Å²) in [5.41, 5.74) is 2.47. The van der Waals surface area contributed by atoms with Gasteiger partial charge in [-0.3, -0.25) is 4.79 Å². The molecular formula is C15H18N4O. The second-order valence-electron chi connectivity index (χ2n) is 4.93. The van der Waals surface area contributed by atoms with Crippen LogP contribution in [0.5, 0.6) is 0 Å². The SMILES string of the molecule is CCc1cccc(NC(=O)c2cn3c(n2)NCCC3)c1. The number of imidazole rings is 1. The van der Waals surface area contributed by atoms with E-state index >= 15 is 0 Å². The minimum atomic E-state index is -0.165. The molecule has 0 unspecified atom stereocenters. The average Bonchev–Trinajstić information content (AvgIpc) is 2.91. The Morgan fingerprint density at radius 3 is 3.20 bits per heavy atom. The maximum atomic E-state index is 12.2. The molecule has 0 spiro atoms. The van der Waals surface area contributed by atoms with Crippen molar-refractivity contribution in [2.24, 2.45) is 0 Å². The Labute approximate surface area is 118 Å². The summed E-state index contributed by atoms with van der Waals surface area (Å²) in [5, 5.41) is 6.09. The van der Waals surface area contributed by atoms with E-state index in [1.54, 1.807) is 6.20 Å². The van der Waals surface area contributed by atoms with Gasteiger partial charge in [-0.05, 0) is 30.5 Å². The first-order valence-electron chi connectivity index (χ1n) is 6.97. The highest BCUT2D eigenvalue weighted by atomic mass is 16.1. The number of aryl methyl sites for hydroxylation is 2. The number of aromatic nitrogens is 2. The molecule has 1 aliphatic heterocycles. The van der Waals surface area contributed by atoms with Gasteiger partial charge in [0.15, 0.2) is 0 Å². The van der Waals surface area contributed by atoms with Crippen molar-refractivity contribution in [2.75, 3.05) is 17.2 Å². The largest absolute Gasteiger partial charge is 0.356 e. The number of hydrogen-bond acceptors (Lipinski definition) is 3. The summed E-state index contributed by atoms with van der Waals surface area (Å²) in [7, 11) is 0. The first-order chi connectivity index (χ1) is 9.76. The number of amides is 1. The van der Waals surface area contributed by atoms with Crippen LogP contribution >= 0.6 is 0 Å². The molecule has 1 aliphatic rings. The second kappa shape index (κ2) is 5.36. The van der Waals surface area contributed by atoms with Gasteiger partial charge in [-0.15, -0.1) is 0 Å². The minimum absolute atomic E-state index is 0.165. The van der Waals surface area contributed by atoms with Crippen LogP contribution in [0.4, 0.5) is 11.6 Å². The Kier molecular flexibility index (Phi) is 3.41. The predicted octanol–water partition coefficient (Wildman–Crippen LogP) is 2.51. The summed E-state index contributed by atoms with van der Waals surface area (Å²) in [5.74, 6) is 0.616. The van der Waals surface area contributed by atoms with Crippen molar-refractivity contribution in [3.05, 3.63) is 41.7 Å². The summed E-state index contributed by atoms with van der Waals surface area (Å²) in [4.78, 5) is 16.5. The molecule has 0 atom stereocenters. The van der Waals surface area contributed by atoms with Gasteiger partial charge < -0.3 is 15.2 Å². The van der Waals surface area contributed by atoms with Gasteiger partial charge in [-0.1, -0.05) is 19.1 Å². The maximum Gasteiger partial charge on any atom is 0.275 e. The zero-order valence-electron chi connectivity index (χ0n) is 11.5. The number of hydrogen-bond donors (Lipinski definition) is 2. The fraction of sp³-hybridized carbons (Fsp3) is 0.333. The van der Waals surface area contributed by atoms with E-state index in [1.165, 1.54) is 5.56 Å². The van der Waals surface area contributed by atoms with Crippen molar-refractivity contribution in [1.29, 1.82) is 0 Å². The Balaban J connectivity index is 1.77. The van der Waals surface area contributed by atoms with Crippen molar-refractivity contribution in [2.45, 2.75) is 26.3 Å². The van der Waals surface area contributed by atoms with Crippen molar-refractivity contribution in [1.82, 2.24) is 9.55 Å². The summed E-state index contributed by atoms with van der Waals surface area (Å²) in [6, 6.07) is 7.89. The summed E-state index contributed by atoms with van der Waals surface area (Å²) in [6.45, 7) is 3.92. The molecular weight excluding hydrogens is 252 g/mol. The van der Waals surface area contributed by atoms with Crippen molar-refractivity contribution < 1.29 is 4.79 Å². The van der Waals surface area contributed by atoms with Gasteiger partial charge >= 0.3 is 0 Å². The molecule has 0 radical (unpaired) electrons. The molecule has 3 rings (SSSR count). The minimum Gasteiger partial charge on any atom is -0.356 e. The zero-order valence-corrected chi connectivity index (χ0v) is 11.5. The molecule has 104 valence electrons. The molecule has 1 aromatic heterocycles. The van der Waals surface area contributed by atoms with E-state index in [0.717, 1.165) is 37.6 Å². The van der Waals surface area contributed by atoms with Crippen LogP contribution in [0, 0.1) is 0 Å². The molecule has 5 heteroatoms. The Hall–Kier alpha value is -2.30. The Morgan fingerprint density at radius 2 is 2.40 bits per heavy atom. The summed E-state index contributed by atoms with van der Waals surface area (Å²) >= 11 is 0. The van der Waals surface area contributed by atoms with Crippen molar-refractivity contribution in [3.8, 4) is 0 Å². The number of rotatable bonds is 3. The molecule has 2 aromatic rings. The fourth-order valence-electron chi connectivity index (χ4n) is 2.35. The van der Waals surface area contributed by atoms with Crippen LogP contribution in [0.2, 0.25) is 0 Å². The number of benzene rings is 1. The third-order valence-electron chi connectivity index (χ3n) is 3.46. The summed E-state index contributed by atoms with van der Waals surface area (Å²) in [6.07, 6.45) is 3.82. The predicted molar refractivity (Wildman–Crippen MR) is 79.1 cm³/mol. The molecule has 0 aliphatic carbocycles. The highest BCUT2D eigenvalue weighted by Gasteiger charge is 2.16. The number of carbonyl (C=O) groups is 1. The number of nitrogens with one attached hydrogen (secondary N) is 2. The lowest BCUT2D eigenvalue weighted by Crippen LogP contribution is -2.16. The van der Waals surface area contributed by atoms with E-state index < -0.39 is 0 Å². The lowest BCUT2D eigenvalue weighted by molar-refractivity contribution is 0.102. The van der Waals surface area contributed by atoms with Crippen LogP contribution in [0.25, 0.3) is 0 Å². The first-order valence-corrected chi connectivity index (χ1v) is 6.97. The topological polar surface area (TPSA) is 59.0 Å². The molecule has 0 fully saturated rings. The van der Waals surface area contributed by atoms with E-state index in [9.17, 15) is 4.79 Å². The highest BCUT2D eigenvalue weighted by Crippen LogP contribution is 2.16. The van der Waals surface area contributed by atoms with Gasteiger partial charge in [-0.2, -0.15) is 0 Å². The van der Waals surface area contributed by atoms with Gasteiger partial charge in [0.25, 0.3) is 5.91 Å². The van der Waals surface area contributed by atoms with Gasteiger partial charge in [0.2, 0.25) is 5.95 Å². The third-order valence-corrected chi connectivity index (χ3v) is 3.46. The molecule has 0 saturated carbocycles. The van der Waals surface area contributed by atoms with Crippen LogP contribution in [-0.4, -0.2) is 22.0 Å². The molecule has 1 amide bonds. The van der Waals surface area contributed by atoms with Crippen LogP contribution in [0.1, 0.15) is 29.4 Å². The second-order valence-corrected chi connectivity index (χ2v) is 4.93. The molecule has 2 N–H and O–H groups in total. The van der Waals surface area contributed by atoms with Crippen molar-refractivity contribution in [3.63, 3.8) is 0 Å². The molecule has 0 bridgehead atoms. The number of nitrogens with zero attached hydrogens (tertiary/aromatic N) is 2. The lowest BCUT2D eigenvalue weighted by Gasteiger charge is -2.14. The fourth-order valence-corrected chi connectivity index (χ4v) is 2.35. The molecule has 1 aromatic carbocycles. The number of fused-ring (bicyclic) bond motifs is 1. The van der Waals surface area contributed by atoms with E-state index in [1.807, 2.05) is 22.8 Å². The van der Waals surface area contributed by atoms with E-state index in [-0.39, 0.29) is 5.91 Å². The molecule has 5 nitrogen and oxygen atoms in total. The monoisotopic (exact) mass is 270 g/mol. The van der Waals surface area contributed by atoms with E-state index in [2.05, 4.69) is 28.6 Å². The van der Waals surface area contributed by atoms with Crippen molar-refractivity contribution >= 4 is 17.5 Å². The normalized spacial score (nSPS) is 13.4. The molecule has 0 saturated heterocycles. The quantitative estimate of drug-likeness (QED) is 0.901. The van der Waals surface area contributed by atoms with Crippen LogP contribution in [0.3, 0.4) is 0 Å². The summed E-state index contributed by atoms with van der Waals surface area (Å²) < 4.78 is 1.99. The van der Waals surface area contributed by atoms with Gasteiger partial charge in [0, 0.05) is 25.0 Å². The maximum absolute atomic E-state index is 12.2. The van der Waals surface area contributed by atoms with Crippen LogP contribution < -0.4 is 10.6 Å². The Morgan fingerprint density at radius 1 is 1.50 bits per heavy atom. The number of anilines is 2. The highest BCUT2D eigenvalue weighted by molar-refractivity contribution is 6.03. The van der Waals surface area contributed by atoms with Gasteiger partial charge in [0.05, 0.1) is 0 Å². The van der Waals surface area contributed by atoms with Crippen LogP contribution in [0.15, 0.2) is 30.5 Å². The first kappa shape index (κ1) is 12.7. The van der Waals surface area contributed by atoms with E-state index in [0.29, 0.717) is 5.69 Å². The lowest BCUT2D eigenvalue weighted by atomic mass is 10.1. The Bertz CT molecular complexity index is 609. The standard InChI is InChI=1S/C15H18N4O/c1-2-11-5-3-6-12(9-11)17-14(20)13-10-19-8-4-7-16-15(19)18-13/h3,5-6,9-10H,2,4,7-8H2,1H3,(H,16,18)(H,17,20). The molecule has 20 heavy (non-hydrogen) atoms. The number of carbonyl (C=O) groups excluding carboxylic acids is 1. The third kappa shape index (κ3) is 2.52. The van der Waals surface area contributed by atoms with Crippen LogP contribution in [-0.2, 0) is 13.0 Å². The van der Waals surface area contributed by atoms with Gasteiger partial charge in [0.1, 0.15) is 5.69 Å². The van der Waals surface area contributed by atoms with E-state index in [4.69, 9.17) is 0 Å².